The second-order valence-corrected chi connectivity index (χ2v) is 7.45. The average molecular weight is 401 g/mol. The maximum absolute atomic E-state index is 14.0. The summed E-state index contributed by atoms with van der Waals surface area (Å²) in [5.41, 5.74) is 0.773. The van der Waals surface area contributed by atoms with E-state index in [1.807, 2.05) is 30.3 Å². The molecule has 0 aliphatic carbocycles. The second kappa shape index (κ2) is 8.29. The summed E-state index contributed by atoms with van der Waals surface area (Å²) in [5.74, 6) is -2.40. The van der Waals surface area contributed by atoms with Crippen LogP contribution in [-0.2, 0) is 16.1 Å². The van der Waals surface area contributed by atoms with Crippen LogP contribution in [0.25, 0.3) is 0 Å². The molecule has 29 heavy (non-hydrogen) atoms. The summed E-state index contributed by atoms with van der Waals surface area (Å²) in [6.45, 7) is 0.763. The van der Waals surface area contributed by atoms with Gasteiger partial charge in [-0.2, -0.15) is 0 Å². The van der Waals surface area contributed by atoms with Gasteiger partial charge in [0.2, 0.25) is 0 Å². The van der Waals surface area contributed by atoms with E-state index in [1.54, 1.807) is 4.90 Å². The Hall–Kier alpha value is -2.80. The first-order chi connectivity index (χ1) is 14.0. The summed E-state index contributed by atoms with van der Waals surface area (Å²) >= 11 is 0. The fourth-order valence-electron chi connectivity index (χ4n) is 4.13. The lowest BCUT2D eigenvalue weighted by molar-refractivity contribution is -0.0755. The minimum Gasteiger partial charge on any atom is -0.445 e. The van der Waals surface area contributed by atoms with Gasteiger partial charge in [0, 0.05) is 12.0 Å². The van der Waals surface area contributed by atoms with Gasteiger partial charge in [-0.1, -0.05) is 30.3 Å². The first-order valence-electron chi connectivity index (χ1n) is 9.59. The zero-order valence-electron chi connectivity index (χ0n) is 15.7. The van der Waals surface area contributed by atoms with E-state index in [0.29, 0.717) is 32.1 Å². The Labute approximate surface area is 167 Å². The van der Waals surface area contributed by atoms with Crippen LogP contribution in [0.3, 0.4) is 0 Å². The molecule has 2 fully saturated rings. The Bertz CT molecular complexity index is 891. The number of nitrogens with zero attached hydrogens (tertiary/aromatic N) is 1. The number of fused-ring (bicyclic) bond motifs is 2. The number of carbonyl (C=O) groups excluding carboxylic acids is 2. The molecule has 2 saturated heterocycles. The highest BCUT2D eigenvalue weighted by molar-refractivity contribution is 5.98. The van der Waals surface area contributed by atoms with E-state index in [2.05, 4.69) is 0 Å². The molecule has 2 aromatic carbocycles. The van der Waals surface area contributed by atoms with Gasteiger partial charge in [-0.3, -0.25) is 9.69 Å². The van der Waals surface area contributed by atoms with Crippen LogP contribution in [0.15, 0.2) is 48.5 Å². The van der Waals surface area contributed by atoms with Gasteiger partial charge in [-0.05, 0) is 30.5 Å². The fourth-order valence-corrected chi connectivity index (χ4v) is 4.13. The predicted molar refractivity (Wildman–Crippen MR) is 100 cm³/mol. The lowest BCUT2D eigenvalue weighted by atomic mass is 9.80. The van der Waals surface area contributed by atoms with Crippen LogP contribution >= 0.6 is 0 Å². The highest BCUT2D eigenvalue weighted by Crippen LogP contribution is 2.34. The molecular weight excluding hydrogens is 380 g/mol. The minimum atomic E-state index is -0.860. The number of ketones is 1. The normalized spacial score (nSPS) is 23.5. The summed E-state index contributed by atoms with van der Waals surface area (Å²) in [6, 6.07) is 11.7. The molecule has 4 rings (SSSR count). The van der Waals surface area contributed by atoms with Gasteiger partial charge in [0.05, 0.1) is 30.9 Å². The highest BCUT2D eigenvalue weighted by Gasteiger charge is 2.44. The maximum Gasteiger partial charge on any atom is 0.410 e. The molecule has 2 aliphatic heterocycles. The molecule has 0 N–H and O–H groups in total. The van der Waals surface area contributed by atoms with Crippen LogP contribution in [0.1, 0.15) is 28.8 Å². The molecule has 2 aromatic rings. The number of halogens is 2. The molecule has 2 aliphatic rings. The number of morpholine rings is 1. The zero-order chi connectivity index (χ0) is 20.4. The van der Waals surface area contributed by atoms with Crippen molar-refractivity contribution in [2.24, 2.45) is 5.92 Å². The number of Topliss-reactive ketones (excluding diaryl/α,β-unsaturated/α-hetero) is 1. The van der Waals surface area contributed by atoms with Crippen molar-refractivity contribution >= 4 is 11.9 Å². The van der Waals surface area contributed by atoms with E-state index in [0.717, 1.165) is 11.6 Å². The Morgan fingerprint density at radius 3 is 2.38 bits per heavy atom. The van der Waals surface area contributed by atoms with Crippen LogP contribution in [-0.4, -0.2) is 42.1 Å². The molecule has 2 heterocycles. The Balaban J connectivity index is 1.44. The number of carbonyl (C=O) groups is 2. The Morgan fingerprint density at radius 2 is 1.72 bits per heavy atom. The molecule has 0 saturated carbocycles. The zero-order valence-corrected chi connectivity index (χ0v) is 15.7. The van der Waals surface area contributed by atoms with Crippen molar-refractivity contribution in [2.45, 2.75) is 31.5 Å². The van der Waals surface area contributed by atoms with E-state index in [9.17, 15) is 18.4 Å². The first kappa shape index (κ1) is 19.5. The number of piperidine rings is 1. The van der Waals surface area contributed by atoms with E-state index in [-0.39, 0.29) is 30.0 Å². The summed E-state index contributed by atoms with van der Waals surface area (Å²) < 4.78 is 38.2. The monoisotopic (exact) mass is 401 g/mol. The van der Waals surface area contributed by atoms with Crippen molar-refractivity contribution < 1.29 is 27.8 Å². The van der Waals surface area contributed by atoms with E-state index in [4.69, 9.17) is 9.47 Å². The summed E-state index contributed by atoms with van der Waals surface area (Å²) in [7, 11) is 0. The summed E-state index contributed by atoms with van der Waals surface area (Å²) in [5, 5.41) is 0. The second-order valence-electron chi connectivity index (χ2n) is 7.45. The van der Waals surface area contributed by atoms with Gasteiger partial charge < -0.3 is 9.47 Å². The number of rotatable bonds is 4. The Morgan fingerprint density at radius 1 is 1.03 bits per heavy atom. The van der Waals surface area contributed by atoms with Gasteiger partial charge in [0.15, 0.2) is 5.78 Å². The maximum atomic E-state index is 14.0. The lowest BCUT2D eigenvalue weighted by Gasteiger charge is -2.47. The average Bonchev–Trinajstić information content (AvgIpc) is 2.71. The quantitative estimate of drug-likeness (QED) is 0.728. The van der Waals surface area contributed by atoms with Crippen molar-refractivity contribution in [1.29, 1.82) is 0 Å². The van der Waals surface area contributed by atoms with Crippen LogP contribution in [0.4, 0.5) is 13.6 Å². The molecule has 5 nitrogen and oxygen atoms in total. The van der Waals surface area contributed by atoms with E-state index in [1.165, 1.54) is 6.07 Å². The standard InChI is InChI=1S/C22H21F2NO4/c23-16-6-7-19(20(24)10-16)21(26)15-8-17-12-28-13-18(9-15)25(17)22(27)29-11-14-4-2-1-3-5-14/h1-7,10,15,17-18H,8-9,11-13H2. The topological polar surface area (TPSA) is 55.8 Å². The molecule has 0 radical (unpaired) electrons. The van der Waals surface area contributed by atoms with Crippen molar-refractivity contribution in [3.05, 3.63) is 71.3 Å². The largest absolute Gasteiger partial charge is 0.445 e. The van der Waals surface area contributed by atoms with Gasteiger partial charge in [0.25, 0.3) is 0 Å². The third-order valence-electron chi connectivity index (χ3n) is 5.50. The number of hydrogen-bond acceptors (Lipinski definition) is 4. The van der Waals surface area contributed by atoms with Crippen LogP contribution in [0.2, 0.25) is 0 Å². The number of hydrogen-bond donors (Lipinski definition) is 0. The third kappa shape index (κ3) is 4.15. The number of benzene rings is 2. The van der Waals surface area contributed by atoms with Gasteiger partial charge in [-0.15, -0.1) is 0 Å². The fraction of sp³-hybridized carbons (Fsp3) is 0.364. The number of amides is 1. The summed E-state index contributed by atoms with van der Waals surface area (Å²) in [6.07, 6.45) is 0.269. The van der Waals surface area contributed by atoms with Gasteiger partial charge in [0.1, 0.15) is 18.2 Å². The molecular formula is C22H21F2NO4. The molecule has 2 atom stereocenters. The van der Waals surface area contributed by atoms with Gasteiger partial charge >= 0.3 is 6.09 Å². The summed E-state index contributed by atoms with van der Waals surface area (Å²) in [4.78, 5) is 27.1. The van der Waals surface area contributed by atoms with Crippen molar-refractivity contribution in [3.8, 4) is 0 Å². The highest BCUT2D eigenvalue weighted by atomic mass is 19.1. The Kier molecular flexibility index (Phi) is 5.58. The van der Waals surface area contributed by atoms with E-state index < -0.39 is 23.6 Å². The van der Waals surface area contributed by atoms with Crippen LogP contribution in [0.5, 0.6) is 0 Å². The molecule has 7 heteroatoms. The molecule has 152 valence electrons. The van der Waals surface area contributed by atoms with Crippen molar-refractivity contribution in [2.75, 3.05) is 13.2 Å². The SMILES string of the molecule is O=C(c1ccc(F)cc1F)C1CC2COCC(C1)N2C(=O)OCc1ccccc1. The predicted octanol–water partition coefficient (Wildman–Crippen LogP) is 3.96. The molecule has 0 spiro atoms. The molecule has 2 bridgehead atoms. The molecule has 2 unspecified atom stereocenters. The third-order valence-corrected chi connectivity index (χ3v) is 5.50. The lowest BCUT2D eigenvalue weighted by Crippen LogP contribution is -2.60. The number of ether oxygens (including phenoxy) is 2. The smallest absolute Gasteiger partial charge is 0.410 e. The van der Waals surface area contributed by atoms with Crippen LogP contribution < -0.4 is 0 Å². The van der Waals surface area contributed by atoms with Gasteiger partial charge in [-0.25, -0.2) is 13.6 Å². The molecule has 1 amide bonds. The van der Waals surface area contributed by atoms with Crippen molar-refractivity contribution in [1.82, 2.24) is 4.90 Å². The molecule has 0 aromatic heterocycles. The van der Waals surface area contributed by atoms with E-state index >= 15 is 0 Å². The van der Waals surface area contributed by atoms with Crippen LogP contribution in [0, 0.1) is 17.6 Å². The van der Waals surface area contributed by atoms with Crippen molar-refractivity contribution in [3.63, 3.8) is 0 Å². The first-order valence-corrected chi connectivity index (χ1v) is 9.59. The minimum absolute atomic E-state index is 0.115.